The molecule has 18 heavy (non-hydrogen) atoms. The Bertz CT molecular complexity index is 432. The molecule has 0 aliphatic carbocycles. The van der Waals surface area contributed by atoms with Gasteiger partial charge in [0.2, 0.25) is 5.91 Å². The van der Waals surface area contributed by atoms with Gasteiger partial charge < -0.3 is 10.6 Å². The molecule has 0 spiro atoms. The molecule has 2 rings (SSSR count). The maximum Gasteiger partial charge on any atom is 0.227 e. The van der Waals surface area contributed by atoms with Crippen molar-refractivity contribution in [3.05, 3.63) is 28.5 Å². The van der Waals surface area contributed by atoms with Crippen molar-refractivity contribution in [1.82, 2.24) is 5.32 Å². The number of para-hydroxylation sites is 1. The Balaban J connectivity index is 2.07. The van der Waals surface area contributed by atoms with Gasteiger partial charge in [-0.1, -0.05) is 6.07 Å². The van der Waals surface area contributed by atoms with Gasteiger partial charge in [-0.25, -0.2) is 4.39 Å². The van der Waals surface area contributed by atoms with Gasteiger partial charge in [0, 0.05) is 16.4 Å². The quantitative estimate of drug-likeness (QED) is 0.881. The second kappa shape index (κ2) is 5.80. The molecule has 1 aliphatic heterocycles. The second-order valence-corrected chi connectivity index (χ2v) is 5.52. The molecule has 2 atom stereocenters. The maximum absolute atomic E-state index is 13.6. The lowest BCUT2D eigenvalue weighted by atomic mass is 9.92. The fourth-order valence-corrected chi connectivity index (χ4v) is 2.65. The van der Waals surface area contributed by atoms with E-state index in [1.54, 1.807) is 12.1 Å². The number of amides is 1. The van der Waals surface area contributed by atoms with Gasteiger partial charge in [0.25, 0.3) is 0 Å². The number of hydrogen-bond acceptors (Lipinski definition) is 2. The summed E-state index contributed by atoms with van der Waals surface area (Å²) in [6, 6.07) is 4.98. The predicted octanol–water partition coefficient (Wildman–Crippen LogP) is 2.91. The molecule has 1 aromatic rings. The van der Waals surface area contributed by atoms with E-state index >= 15 is 0 Å². The third-order valence-electron chi connectivity index (χ3n) is 3.21. The fourth-order valence-electron chi connectivity index (χ4n) is 2.21. The van der Waals surface area contributed by atoms with Crippen molar-refractivity contribution in [2.24, 2.45) is 5.92 Å². The zero-order chi connectivity index (χ0) is 13.1. The molecule has 0 saturated carbocycles. The van der Waals surface area contributed by atoms with Gasteiger partial charge in [-0.15, -0.1) is 0 Å². The first-order valence-corrected chi connectivity index (χ1v) is 6.85. The van der Waals surface area contributed by atoms with Crippen LogP contribution in [0, 0.1) is 11.7 Å². The van der Waals surface area contributed by atoms with Crippen molar-refractivity contribution in [2.45, 2.75) is 25.8 Å². The molecule has 1 heterocycles. The van der Waals surface area contributed by atoms with Gasteiger partial charge in [-0.2, -0.15) is 0 Å². The van der Waals surface area contributed by atoms with Crippen molar-refractivity contribution < 1.29 is 9.18 Å². The summed E-state index contributed by atoms with van der Waals surface area (Å²) in [5.41, 5.74) is 0.230. The zero-order valence-electron chi connectivity index (χ0n) is 10.2. The number of carbonyl (C=O) groups excluding carboxylic acids is 1. The van der Waals surface area contributed by atoms with Crippen LogP contribution < -0.4 is 10.6 Å². The number of halogens is 2. The molecular weight excluding hydrogens is 299 g/mol. The van der Waals surface area contributed by atoms with Crippen LogP contribution in [0.15, 0.2) is 22.7 Å². The van der Waals surface area contributed by atoms with E-state index in [0.29, 0.717) is 10.5 Å². The molecular formula is C13H16BrFN2O. The smallest absolute Gasteiger partial charge is 0.227 e. The molecule has 0 aromatic heterocycles. The molecule has 2 unspecified atom stereocenters. The summed E-state index contributed by atoms with van der Waals surface area (Å²) in [5, 5.41) is 5.97. The molecule has 1 aromatic carbocycles. The Morgan fingerprint density at radius 1 is 1.56 bits per heavy atom. The number of piperidine rings is 1. The minimum Gasteiger partial charge on any atom is -0.322 e. The average molecular weight is 315 g/mol. The Labute approximate surface area is 114 Å². The third kappa shape index (κ3) is 3.09. The van der Waals surface area contributed by atoms with Crippen LogP contribution in [-0.4, -0.2) is 18.5 Å². The summed E-state index contributed by atoms with van der Waals surface area (Å²) >= 11 is 3.24. The van der Waals surface area contributed by atoms with Crippen LogP contribution >= 0.6 is 15.9 Å². The molecule has 98 valence electrons. The highest BCUT2D eigenvalue weighted by molar-refractivity contribution is 9.10. The number of nitrogens with one attached hydrogen (secondary N) is 2. The summed E-state index contributed by atoms with van der Waals surface area (Å²) in [4.78, 5) is 12.1. The van der Waals surface area contributed by atoms with E-state index in [1.165, 1.54) is 6.07 Å². The Hall–Kier alpha value is -0.940. The zero-order valence-corrected chi connectivity index (χ0v) is 11.8. The molecule has 0 radical (unpaired) electrons. The first-order valence-electron chi connectivity index (χ1n) is 6.06. The summed E-state index contributed by atoms with van der Waals surface area (Å²) < 4.78 is 14.2. The van der Waals surface area contributed by atoms with Crippen LogP contribution in [0.4, 0.5) is 10.1 Å². The van der Waals surface area contributed by atoms with E-state index in [9.17, 15) is 9.18 Å². The maximum atomic E-state index is 13.6. The topological polar surface area (TPSA) is 41.1 Å². The normalized spacial score (nSPS) is 23.7. The summed E-state index contributed by atoms with van der Waals surface area (Å²) in [6.07, 6.45) is 1.58. The average Bonchev–Trinajstić information content (AvgIpc) is 2.34. The summed E-state index contributed by atoms with van der Waals surface area (Å²) in [7, 11) is 0. The van der Waals surface area contributed by atoms with Crippen LogP contribution in [0.3, 0.4) is 0 Å². The monoisotopic (exact) mass is 314 g/mol. The van der Waals surface area contributed by atoms with Crippen molar-refractivity contribution in [3.63, 3.8) is 0 Å². The first kappa shape index (κ1) is 13.5. The van der Waals surface area contributed by atoms with Crippen LogP contribution in [0.2, 0.25) is 0 Å². The Morgan fingerprint density at radius 3 is 3.00 bits per heavy atom. The highest BCUT2D eigenvalue weighted by Crippen LogP contribution is 2.27. The standard InChI is InChI=1S/C13H16BrFN2O/c1-8-7-9(5-6-16-8)13(18)17-12-10(14)3-2-4-11(12)15/h2-4,8-9,16H,5-7H2,1H3,(H,17,18). The molecule has 0 bridgehead atoms. The van der Waals surface area contributed by atoms with E-state index in [0.717, 1.165) is 19.4 Å². The van der Waals surface area contributed by atoms with Gasteiger partial charge in [-0.05, 0) is 54.4 Å². The lowest BCUT2D eigenvalue weighted by Crippen LogP contribution is -2.40. The number of carbonyl (C=O) groups is 1. The van der Waals surface area contributed by atoms with Gasteiger partial charge >= 0.3 is 0 Å². The van der Waals surface area contributed by atoms with Gasteiger partial charge in [0.05, 0.1) is 5.69 Å². The van der Waals surface area contributed by atoms with Crippen LogP contribution in [0.1, 0.15) is 19.8 Å². The summed E-state index contributed by atoms with van der Waals surface area (Å²) in [6.45, 7) is 2.89. The largest absolute Gasteiger partial charge is 0.322 e. The molecule has 1 amide bonds. The van der Waals surface area contributed by atoms with Gasteiger partial charge in [0.15, 0.2) is 0 Å². The van der Waals surface area contributed by atoms with Gasteiger partial charge in [-0.3, -0.25) is 4.79 Å². The van der Waals surface area contributed by atoms with E-state index in [-0.39, 0.29) is 17.5 Å². The molecule has 2 N–H and O–H groups in total. The molecule has 1 fully saturated rings. The molecule has 1 saturated heterocycles. The Kier molecular flexibility index (Phi) is 4.35. The molecule has 1 aliphatic rings. The SMILES string of the molecule is CC1CC(C(=O)Nc2c(F)cccc2Br)CCN1. The second-order valence-electron chi connectivity index (χ2n) is 4.66. The van der Waals surface area contributed by atoms with Gasteiger partial charge in [0.1, 0.15) is 5.82 Å². The van der Waals surface area contributed by atoms with Crippen molar-refractivity contribution in [2.75, 3.05) is 11.9 Å². The van der Waals surface area contributed by atoms with Crippen LogP contribution in [-0.2, 0) is 4.79 Å². The highest BCUT2D eigenvalue weighted by Gasteiger charge is 2.25. The van der Waals surface area contributed by atoms with Crippen molar-refractivity contribution in [3.8, 4) is 0 Å². The van der Waals surface area contributed by atoms with E-state index in [1.807, 2.05) is 0 Å². The molecule has 5 heteroatoms. The van der Waals surface area contributed by atoms with Crippen LogP contribution in [0.5, 0.6) is 0 Å². The lowest BCUT2D eigenvalue weighted by Gasteiger charge is -2.27. The van der Waals surface area contributed by atoms with E-state index in [2.05, 4.69) is 33.5 Å². The number of hydrogen-bond donors (Lipinski definition) is 2. The number of benzene rings is 1. The fraction of sp³-hybridized carbons (Fsp3) is 0.462. The van der Waals surface area contributed by atoms with E-state index < -0.39 is 5.82 Å². The van der Waals surface area contributed by atoms with Crippen molar-refractivity contribution in [1.29, 1.82) is 0 Å². The third-order valence-corrected chi connectivity index (χ3v) is 3.87. The highest BCUT2D eigenvalue weighted by atomic mass is 79.9. The minimum atomic E-state index is -0.417. The van der Waals surface area contributed by atoms with Crippen molar-refractivity contribution >= 4 is 27.5 Å². The number of anilines is 1. The Morgan fingerprint density at radius 2 is 2.33 bits per heavy atom. The van der Waals surface area contributed by atoms with Crippen LogP contribution in [0.25, 0.3) is 0 Å². The lowest BCUT2D eigenvalue weighted by molar-refractivity contribution is -0.120. The predicted molar refractivity (Wildman–Crippen MR) is 72.9 cm³/mol. The summed E-state index contributed by atoms with van der Waals surface area (Å²) in [5.74, 6) is -0.568. The minimum absolute atomic E-state index is 0.0484. The molecule has 3 nitrogen and oxygen atoms in total. The first-order chi connectivity index (χ1) is 8.58. The van der Waals surface area contributed by atoms with E-state index in [4.69, 9.17) is 0 Å². The number of rotatable bonds is 2.